The number of fused-ring (bicyclic) bond motifs is 1. The van der Waals surface area contributed by atoms with Crippen molar-refractivity contribution in [3.63, 3.8) is 0 Å². The monoisotopic (exact) mass is 259 g/mol. The molecule has 104 valence electrons. The summed E-state index contributed by atoms with van der Waals surface area (Å²) < 4.78 is 6.02. The molecule has 1 heterocycles. The molecule has 2 heteroatoms. The number of furan rings is 1. The van der Waals surface area contributed by atoms with Gasteiger partial charge in [-0.25, -0.2) is 0 Å². The molecule has 1 N–H and O–H groups in total. The van der Waals surface area contributed by atoms with Crippen LogP contribution in [0.15, 0.2) is 28.7 Å². The van der Waals surface area contributed by atoms with Gasteiger partial charge in [-0.1, -0.05) is 40.7 Å². The van der Waals surface area contributed by atoms with Crippen LogP contribution in [0, 0.1) is 5.92 Å². The van der Waals surface area contributed by atoms with Gasteiger partial charge in [-0.3, -0.25) is 0 Å². The minimum atomic E-state index is 0.292. The third-order valence-electron chi connectivity index (χ3n) is 3.62. The van der Waals surface area contributed by atoms with Gasteiger partial charge in [0, 0.05) is 5.39 Å². The molecule has 0 fully saturated rings. The number of nitrogens with one attached hydrogen (secondary N) is 1. The zero-order chi connectivity index (χ0) is 14.0. The lowest BCUT2D eigenvalue weighted by Crippen LogP contribution is -2.24. The van der Waals surface area contributed by atoms with Crippen molar-refractivity contribution in [1.29, 1.82) is 0 Å². The van der Waals surface area contributed by atoms with E-state index in [9.17, 15) is 0 Å². The van der Waals surface area contributed by atoms with Crippen LogP contribution in [0.2, 0.25) is 0 Å². The zero-order valence-corrected chi connectivity index (χ0v) is 12.7. The van der Waals surface area contributed by atoms with Crippen LogP contribution >= 0.6 is 0 Å². The first-order valence-electron chi connectivity index (χ1n) is 7.29. The summed E-state index contributed by atoms with van der Waals surface area (Å²) >= 11 is 0. The summed E-state index contributed by atoms with van der Waals surface area (Å²) in [6.07, 6.45) is 0. The van der Waals surface area contributed by atoms with E-state index in [1.54, 1.807) is 0 Å². The third-order valence-corrected chi connectivity index (χ3v) is 3.62. The summed E-state index contributed by atoms with van der Waals surface area (Å²) in [5.74, 6) is 2.12. The predicted molar refractivity (Wildman–Crippen MR) is 81.6 cm³/mol. The average molecular weight is 259 g/mol. The maximum atomic E-state index is 6.02. The quantitative estimate of drug-likeness (QED) is 0.829. The van der Waals surface area contributed by atoms with Gasteiger partial charge in [-0.15, -0.1) is 0 Å². The van der Waals surface area contributed by atoms with E-state index >= 15 is 0 Å². The molecule has 19 heavy (non-hydrogen) atoms. The van der Waals surface area contributed by atoms with Crippen molar-refractivity contribution in [2.75, 3.05) is 6.54 Å². The average Bonchev–Trinajstić information content (AvgIpc) is 2.77. The Kier molecular flexibility index (Phi) is 4.31. The first-order valence-corrected chi connectivity index (χ1v) is 7.29. The first-order chi connectivity index (χ1) is 9.02. The SMILES string of the molecule is CCNC(c1cc2cc(C(C)C)ccc2o1)C(C)C. The van der Waals surface area contributed by atoms with Gasteiger partial charge in [-0.05, 0) is 42.1 Å². The van der Waals surface area contributed by atoms with Gasteiger partial charge in [0.1, 0.15) is 11.3 Å². The summed E-state index contributed by atoms with van der Waals surface area (Å²) in [7, 11) is 0. The van der Waals surface area contributed by atoms with Gasteiger partial charge >= 0.3 is 0 Å². The molecule has 0 amide bonds. The summed E-state index contributed by atoms with van der Waals surface area (Å²) in [6, 6.07) is 8.99. The van der Waals surface area contributed by atoms with Crippen LogP contribution in [0.1, 0.15) is 57.9 Å². The van der Waals surface area contributed by atoms with Crippen LogP contribution in [-0.4, -0.2) is 6.54 Å². The van der Waals surface area contributed by atoms with Crippen molar-refractivity contribution < 1.29 is 4.42 Å². The van der Waals surface area contributed by atoms with Crippen molar-refractivity contribution in [1.82, 2.24) is 5.32 Å². The number of rotatable bonds is 5. The van der Waals surface area contributed by atoms with Gasteiger partial charge in [0.2, 0.25) is 0 Å². The largest absolute Gasteiger partial charge is 0.459 e. The van der Waals surface area contributed by atoms with Crippen molar-refractivity contribution in [2.24, 2.45) is 5.92 Å². The molecule has 0 aliphatic rings. The molecular weight excluding hydrogens is 234 g/mol. The smallest absolute Gasteiger partial charge is 0.134 e. The minimum absolute atomic E-state index is 0.292. The van der Waals surface area contributed by atoms with Crippen molar-refractivity contribution in [3.05, 3.63) is 35.6 Å². The molecule has 2 rings (SSSR count). The lowest BCUT2D eigenvalue weighted by atomic mass is 10.00. The molecule has 1 aromatic heterocycles. The maximum absolute atomic E-state index is 6.02. The fourth-order valence-corrected chi connectivity index (χ4v) is 2.48. The maximum Gasteiger partial charge on any atom is 0.134 e. The highest BCUT2D eigenvalue weighted by molar-refractivity contribution is 5.79. The van der Waals surface area contributed by atoms with Crippen LogP contribution in [-0.2, 0) is 0 Å². The first kappa shape index (κ1) is 14.1. The molecule has 0 radical (unpaired) electrons. The van der Waals surface area contributed by atoms with Gasteiger partial charge in [0.15, 0.2) is 0 Å². The molecule has 0 saturated heterocycles. The van der Waals surface area contributed by atoms with E-state index in [0.717, 1.165) is 17.9 Å². The van der Waals surface area contributed by atoms with E-state index in [-0.39, 0.29) is 0 Å². The molecule has 0 bridgehead atoms. The highest BCUT2D eigenvalue weighted by Crippen LogP contribution is 2.30. The van der Waals surface area contributed by atoms with E-state index in [1.165, 1.54) is 10.9 Å². The van der Waals surface area contributed by atoms with Crippen LogP contribution in [0.4, 0.5) is 0 Å². The summed E-state index contributed by atoms with van der Waals surface area (Å²) in [4.78, 5) is 0. The number of hydrogen-bond acceptors (Lipinski definition) is 2. The third kappa shape index (κ3) is 3.01. The second-order valence-electron chi connectivity index (χ2n) is 5.88. The van der Waals surface area contributed by atoms with Gasteiger partial charge in [0.05, 0.1) is 6.04 Å². The lowest BCUT2D eigenvalue weighted by Gasteiger charge is -2.18. The normalized spacial score (nSPS) is 13.6. The number of benzene rings is 1. The molecule has 2 nitrogen and oxygen atoms in total. The van der Waals surface area contributed by atoms with Crippen LogP contribution < -0.4 is 5.32 Å². The second kappa shape index (κ2) is 5.79. The highest BCUT2D eigenvalue weighted by atomic mass is 16.3. The fraction of sp³-hybridized carbons (Fsp3) is 0.529. The van der Waals surface area contributed by atoms with Crippen molar-refractivity contribution in [2.45, 2.75) is 46.6 Å². The molecule has 0 saturated carbocycles. The Bertz CT molecular complexity index is 539. The van der Waals surface area contributed by atoms with E-state index in [2.05, 4.69) is 64.2 Å². The molecule has 0 spiro atoms. The Hall–Kier alpha value is -1.28. The Labute approximate surface area is 116 Å². The van der Waals surface area contributed by atoms with E-state index in [0.29, 0.717) is 17.9 Å². The molecular formula is C17H25NO. The molecule has 2 aromatic rings. The number of hydrogen-bond donors (Lipinski definition) is 1. The summed E-state index contributed by atoms with van der Waals surface area (Å²) in [5, 5.41) is 4.72. The van der Waals surface area contributed by atoms with Gasteiger partial charge in [0.25, 0.3) is 0 Å². The van der Waals surface area contributed by atoms with Gasteiger partial charge in [-0.2, -0.15) is 0 Å². The van der Waals surface area contributed by atoms with E-state index < -0.39 is 0 Å². The molecule has 0 aliphatic heterocycles. The topological polar surface area (TPSA) is 25.2 Å². The Balaban J connectivity index is 2.39. The predicted octanol–water partition coefficient (Wildman–Crippen LogP) is 4.86. The minimum Gasteiger partial charge on any atom is -0.459 e. The zero-order valence-electron chi connectivity index (χ0n) is 12.7. The van der Waals surface area contributed by atoms with Crippen molar-refractivity contribution >= 4 is 11.0 Å². The van der Waals surface area contributed by atoms with Crippen LogP contribution in [0.5, 0.6) is 0 Å². The Morgan fingerprint density at radius 1 is 1.11 bits per heavy atom. The van der Waals surface area contributed by atoms with Crippen molar-refractivity contribution in [3.8, 4) is 0 Å². The second-order valence-corrected chi connectivity index (χ2v) is 5.88. The summed E-state index contributed by atoms with van der Waals surface area (Å²) in [5.41, 5.74) is 2.35. The van der Waals surface area contributed by atoms with Crippen LogP contribution in [0.3, 0.4) is 0 Å². The van der Waals surface area contributed by atoms with Gasteiger partial charge < -0.3 is 9.73 Å². The Morgan fingerprint density at radius 2 is 1.84 bits per heavy atom. The summed E-state index contributed by atoms with van der Waals surface area (Å²) in [6.45, 7) is 12.0. The molecule has 1 aromatic carbocycles. The fourth-order valence-electron chi connectivity index (χ4n) is 2.48. The standard InChI is InChI=1S/C17H25NO/c1-6-18-17(12(4)5)16-10-14-9-13(11(2)3)7-8-15(14)19-16/h7-12,17-18H,6H2,1-5H3. The van der Waals surface area contributed by atoms with Crippen LogP contribution in [0.25, 0.3) is 11.0 Å². The molecule has 1 unspecified atom stereocenters. The van der Waals surface area contributed by atoms with E-state index in [4.69, 9.17) is 4.42 Å². The molecule has 0 aliphatic carbocycles. The van der Waals surface area contributed by atoms with E-state index in [1.807, 2.05) is 0 Å². The lowest BCUT2D eigenvalue weighted by molar-refractivity contribution is 0.357. The highest BCUT2D eigenvalue weighted by Gasteiger charge is 2.19. The Morgan fingerprint density at radius 3 is 2.42 bits per heavy atom. The molecule has 1 atom stereocenters.